The molecule has 0 bridgehead atoms. The van der Waals surface area contributed by atoms with E-state index in [1.54, 1.807) is 6.20 Å². The Labute approximate surface area is 154 Å². The summed E-state index contributed by atoms with van der Waals surface area (Å²) in [5.74, 6) is 0.574. The smallest absolute Gasteiger partial charge is 0.259 e. The summed E-state index contributed by atoms with van der Waals surface area (Å²) in [4.78, 5) is 20.7. The van der Waals surface area contributed by atoms with Crippen molar-refractivity contribution in [1.29, 1.82) is 0 Å². The Balaban J connectivity index is 1.56. The molecule has 1 saturated heterocycles. The van der Waals surface area contributed by atoms with Crippen molar-refractivity contribution >= 4 is 11.6 Å². The average Bonchev–Trinajstić information content (AvgIpc) is 2.69. The van der Waals surface area contributed by atoms with Crippen molar-refractivity contribution in [2.45, 2.75) is 45.1 Å². The molecule has 3 rings (SSSR count). The molecule has 2 aromatic rings. The lowest BCUT2D eigenvalue weighted by Crippen LogP contribution is -2.25. The van der Waals surface area contributed by atoms with Crippen LogP contribution in [0.4, 0.5) is 5.69 Å². The Morgan fingerprint density at radius 3 is 2.88 bits per heavy atom. The van der Waals surface area contributed by atoms with Gasteiger partial charge in [0.05, 0.1) is 17.4 Å². The lowest BCUT2D eigenvalue weighted by atomic mass is 10.1. The van der Waals surface area contributed by atoms with Crippen LogP contribution in [0.5, 0.6) is 5.75 Å². The van der Waals surface area contributed by atoms with Crippen molar-refractivity contribution in [2.75, 3.05) is 18.5 Å². The Morgan fingerprint density at radius 2 is 2.15 bits per heavy atom. The first-order valence-electron chi connectivity index (χ1n) is 9.21. The van der Waals surface area contributed by atoms with Crippen LogP contribution < -0.4 is 10.1 Å². The highest BCUT2D eigenvalue weighted by atomic mass is 16.5. The third kappa shape index (κ3) is 5.02. The number of aryl methyl sites for hydroxylation is 1. The summed E-state index contributed by atoms with van der Waals surface area (Å²) in [6.07, 6.45) is 8.28. The van der Waals surface area contributed by atoms with E-state index in [4.69, 9.17) is 9.47 Å². The minimum absolute atomic E-state index is 0.179. The summed E-state index contributed by atoms with van der Waals surface area (Å²) in [6, 6.07) is 7.37. The van der Waals surface area contributed by atoms with Crippen molar-refractivity contribution in [3.8, 4) is 5.75 Å². The van der Waals surface area contributed by atoms with Gasteiger partial charge in [0, 0.05) is 18.5 Å². The van der Waals surface area contributed by atoms with E-state index in [-0.39, 0.29) is 12.0 Å². The van der Waals surface area contributed by atoms with Crippen LogP contribution in [0.3, 0.4) is 0 Å². The Kier molecular flexibility index (Phi) is 6.55. The van der Waals surface area contributed by atoms with E-state index < -0.39 is 0 Å². The fraction of sp³-hybridized carbons (Fsp3) is 0.450. The minimum Gasteiger partial charge on any atom is -0.491 e. The highest BCUT2D eigenvalue weighted by molar-refractivity contribution is 6.04. The van der Waals surface area contributed by atoms with Crippen molar-refractivity contribution in [3.05, 3.63) is 48.0 Å². The van der Waals surface area contributed by atoms with E-state index in [1.165, 1.54) is 12.7 Å². The number of carbonyl (C=O) groups is 1. The minimum atomic E-state index is -0.196. The van der Waals surface area contributed by atoms with Crippen LogP contribution in [0.25, 0.3) is 0 Å². The van der Waals surface area contributed by atoms with Gasteiger partial charge < -0.3 is 14.8 Å². The van der Waals surface area contributed by atoms with Gasteiger partial charge in [-0.05, 0) is 49.9 Å². The largest absolute Gasteiger partial charge is 0.491 e. The van der Waals surface area contributed by atoms with Crippen LogP contribution in [0.1, 0.15) is 48.7 Å². The fourth-order valence-corrected chi connectivity index (χ4v) is 2.94. The zero-order valence-corrected chi connectivity index (χ0v) is 15.1. The van der Waals surface area contributed by atoms with Gasteiger partial charge in [0.1, 0.15) is 18.7 Å². The topological polar surface area (TPSA) is 73.3 Å². The molecule has 26 heavy (non-hydrogen) atoms. The van der Waals surface area contributed by atoms with Gasteiger partial charge in [0.15, 0.2) is 0 Å². The second kappa shape index (κ2) is 9.29. The molecular formula is C20H25N3O3. The molecule has 0 radical (unpaired) electrons. The normalized spacial score (nSPS) is 16.9. The number of nitrogens with one attached hydrogen (secondary N) is 1. The second-order valence-electron chi connectivity index (χ2n) is 6.41. The van der Waals surface area contributed by atoms with Crippen LogP contribution in [-0.4, -0.2) is 35.2 Å². The Bertz CT molecular complexity index is 712. The third-order valence-corrected chi connectivity index (χ3v) is 4.35. The number of nitrogens with zero attached hydrogens (tertiary/aromatic N) is 2. The van der Waals surface area contributed by atoms with Crippen LogP contribution in [-0.2, 0) is 11.2 Å². The zero-order valence-electron chi connectivity index (χ0n) is 15.1. The maximum absolute atomic E-state index is 12.5. The molecular weight excluding hydrogens is 330 g/mol. The molecule has 1 fully saturated rings. The van der Waals surface area contributed by atoms with Gasteiger partial charge in [-0.15, -0.1) is 0 Å². The number of benzene rings is 1. The van der Waals surface area contributed by atoms with Crippen molar-refractivity contribution in [1.82, 2.24) is 9.97 Å². The number of aromatic nitrogens is 2. The number of carbonyl (C=O) groups excluding carboxylic acids is 1. The van der Waals surface area contributed by atoms with E-state index in [2.05, 4.69) is 22.2 Å². The monoisotopic (exact) mass is 355 g/mol. The first-order chi connectivity index (χ1) is 12.8. The van der Waals surface area contributed by atoms with Crippen LogP contribution in [0, 0.1) is 0 Å². The quantitative estimate of drug-likeness (QED) is 0.821. The Morgan fingerprint density at radius 1 is 1.31 bits per heavy atom. The number of anilines is 1. The third-order valence-electron chi connectivity index (χ3n) is 4.35. The molecule has 6 heteroatoms. The van der Waals surface area contributed by atoms with Gasteiger partial charge in [-0.25, -0.2) is 9.97 Å². The van der Waals surface area contributed by atoms with Gasteiger partial charge in [-0.1, -0.05) is 13.3 Å². The first-order valence-corrected chi connectivity index (χ1v) is 9.21. The summed E-state index contributed by atoms with van der Waals surface area (Å²) in [6.45, 7) is 3.44. The van der Waals surface area contributed by atoms with E-state index in [0.717, 1.165) is 43.7 Å². The van der Waals surface area contributed by atoms with Gasteiger partial charge in [0.2, 0.25) is 0 Å². The molecule has 1 amide bonds. The van der Waals surface area contributed by atoms with E-state index >= 15 is 0 Å². The maximum atomic E-state index is 12.5. The number of hydrogen-bond acceptors (Lipinski definition) is 5. The molecule has 1 atom stereocenters. The van der Waals surface area contributed by atoms with E-state index in [1.807, 2.05) is 24.3 Å². The molecule has 138 valence electrons. The number of hydrogen-bond donors (Lipinski definition) is 1. The summed E-state index contributed by atoms with van der Waals surface area (Å²) < 4.78 is 11.4. The molecule has 0 spiro atoms. The number of rotatable bonds is 7. The highest BCUT2D eigenvalue weighted by Crippen LogP contribution is 2.19. The zero-order chi connectivity index (χ0) is 18.2. The van der Waals surface area contributed by atoms with Crippen molar-refractivity contribution in [2.24, 2.45) is 0 Å². The van der Waals surface area contributed by atoms with Gasteiger partial charge in [-0.2, -0.15) is 0 Å². The fourth-order valence-electron chi connectivity index (χ4n) is 2.94. The van der Waals surface area contributed by atoms with Crippen molar-refractivity contribution < 1.29 is 14.3 Å². The lowest BCUT2D eigenvalue weighted by molar-refractivity contribution is -0.0110. The molecule has 1 unspecified atom stereocenters. The first kappa shape index (κ1) is 18.3. The average molecular weight is 355 g/mol. The number of ether oxygens (including phenoxy) is 2. The molecule has 0 aliphatic carbocycles. The van der Waals surface area contributed by atoms with E-state index in [9.17, 15) is 4.79 Å². The van der Waals surface area contributed by atoms with Gasteiger partial charge in [0.25, 0.3) is 5.91 Å². The molecule has 1 aromatic heterocycles. The Hall–Kier alpha value is -2.47. The SMILES string of the molecule is CCCc1ncncc1C(=O)Nc1ccc(OCC2CCCCO2)cc1. The molecule has 0 saturated carbocycles. The summed E-state index contributed by atoms with van der Waals surface area (Å²) in [5, 5.41) is 2.89. The maximum Gasteiger partial charge on any atom is 0.259 e. The summed E-state index contributed by atoms with van der Waals surface area (Å²) in [7, 11) is 0. The summed E-state index contributed by atoms with van der Waals surface area (Å²) >= 11 is 0. The van der Waals surface area contributed by atoms with Crippen molar-refractivity contribution in [3.63, 3.8) is 0 Å². The van der Waals surface area contributed by atoms with Crippen LogP contribution >= 0.6 is 0 Å². The van der Waals surface area contributed by atoms with E-state index in [0.29, 0.717) is 17.9 Å². The molecule has 1 aliphatic heterocycles. The predicted octanol–water partition coefficient (Wildman–Crippen LogP) is 3.63. The highest BCUT2D eigenvalue weighted by Gasteiger charge is 2.15. The molecule has 6 nitrogen and oxygen atoms in total. The molecule has 1 N–H and O–H groups in total. The summed E-state index contributed by atoms with van der Waals surface area (Å²) in [5.41, 5.74) is 2.00. The molecule has 2 heterocycles. The predicted molar refractivity (Wildman–Crippen MR) is 99.5 cm³/mol. The molecule has 1 aliphatic rings. The number of amides is 1. The van der Waals surface area contributed by atoms with Gasteiger partial charge in [-0.3, -0.25) is 4.79 Å². The van der Waals surface area contributed by atoms with Gasteiger partial charge >= 0.3 is 0 Å². The van der Waals surface area contributed by atoms with Crippen LogP contribution in [0.15, 0.2) is 36.8 Å². The second-order valence-corrected chi connectivity index (χ2v) is 6.41. The standard InChI is InChI=1S/C20H25N3O3/c1-2-5-19-18(12-21-14-22-19)20(24)23-15-7-9-16(10-8-15)26-13-17-6-3-4-11-25-17/h7-10,12,14,17H,2-6,11,13H2,1H3,(H,23,24). The lowest BCUT2D eigenvalue weighted by Gasteiger charge is -2.22. The molecule has 1 aromatic carbocycles. The van der Waals surface area contributed by atoms with Crippen LogP contribution in [0.2, 0.25) is 0 Å².